The van der Waals surface area contributed by atoms with Crippen molar-refractivity contribution in [3.63, 3.8) is 0 Å². The highest BCUT2D eigenvalue weighted by Gasteiger charge is 2.25. The second-order valence-corrected chi connectivity index (χ2v) is 4.96. The van der Waals surface area contributed by atoms with E-state index in [4.69, 9.17) is 0 Å². The lowest BCUT2D eigenvalue weighted by Crippen LogP contribution is -2.17. The van der Waals surface area contributed by atoms with E-state index in [9.17, 15) is 9.90 Å². The predicted octanol–water partition coefficient (Wildman–Crippen LogP) is 2.19. The second-order valence-electron chi connectivity index (χ2n) is 4.96. The van der Waals surface area contributed by atoms with Gasteiger partial charge >= 0.3 is 5.97 Å². The van der Waals surface area contributed by atoms with Crippen molar-refractivity contribution in [2.45, 2.75) is 40.3 Å². The Kier molecular flexibility index (Phi) is 3.81. The molecule has 0 aromatic carbocycles. The molecule has 2 rings (SSSR count). The number of aliphatic hydroxyl groups excluding tert-OH is 1. The molecule has 2 heterocycles. The van der Waals surface area contributed by atoms with Gasteiger partial charge in [0.05, 0.1) is 7.11 Å². The first-order chi connectivity index (χ1) is 9.42. The van der Waals surface area contributed by atoms with E-state index in [1.165, 1.54) is 7.11 Å². The van der Waals surface area contributed by atoms with Gasteiger partial charge in [-0.1, -0.05) is 0 Å². The smallest absolute Gasteiger partial charge is 0.339 e. The van der Waals surface area contributed by atoms with Crippen LogP contribution >= 0.6 is 0 Å². The third-order valence-corrected chi connectivity index (χ3v) is 3.72. The van der Waals surface area contributed by atoms with Gasteiger partial charge in [-0.2, -0.15) is 0 Å². The van der Waals surface area contributed by atoms with Crippen molar-refractivity contribution in [3.05, 3.63) is 28.6 Å². The fourth-order valence-electron chi connectivity index (χ4n) is 2.76. The molecule has 0 bridgehead atoms. The van der Waals surface area contributed by atoms with Crippen molar-refractivity contribution in [2.24, 2.45) is 0 Å². The molecule has 108 valence electrons. The molecule has 5 nitrogen and oxygen atoms in total. The standard InChI is InChI=1S/C15H20N2O3/c1-6-17-7-8(2)11-9(3)12(10(4)16-14(11)17)13(18)15(19)20-5/h7,13,18H,6H2,1-5H3. The van der Waals surface area contributed by atoms with E-state index in [1.807, 2.05) is 20.0 Å². The number of carbonyl (C=O) groups is 1. The third-order valence-electron chi connectivity index (χ3n) is 3.72. The van der Waals surface area contributed by atoms with Gasteiger partial charge in [-0.25, -0.2) is 9.78 Å². The Morgan fingerprint density at radius 3 is 2.65 bits per heavy atom. The zero-order valence-electron chi connectivity index (χ0n) is 12.5. The van der Waals surface area contributed by atoms with Gasteiger partial charge in [-0.05, 0) is 38.8 Å². The summed E-state index contributed by atoms with van der Waals surface area (Å²) in [6.07, 6.45) is 0.750. The van der Waals surface area contributed by atoms with Crippen LogP contribution in [0.3, 0.4) is 0 Å². The molecule has 0 aliphatic heterocycles. The minimum atomic E-state index is -1.29. The Morgan fingerprint density at radius 2 is 2.10 bits per heavy atom. The number of hydrogen-bond donors (Lipinski definition) is 1. The third kappa shape index (κ3) is 2.08. The number of aliphatic hydroxyl groups is 1. The van der Waals surface area contributed by atoms with Crippen molar-refractivity contribution in [3.8, 4) is 0 Å². The number of ether oxygens (including phenoxy) is 1. The summed E-state index contributed by atoms with van der Waals surface area (Å²) in [6, 6.07) is 0. The topological polar surface area (TPSA) is 64.4 Å². The zero-order valence-corrected chi connectivity index (χ0v) is 12.5. The summed E-state index contributed by atoms with van der Waals surface area (Å²) in [6.45, 7) is 8.60. The number of aryl methyl sites for hydroxylation is 4. The monoisotopic (exact) mass is 276 g/mol. The molecule has 1 N–H and O–H groups in total. The molecule has 5 heteroatoms. The van der Waals surface area contributed by atoms with Crippen molar-refractivity contribution >= 4 is 17.0 Å². The summed E-state index contributed by atoms with van der Waals surface area (Å²) >= 11 is 0. The van der Waals surface area contributed by atoms with Crippen molar-refractivity contribution < 1.29 is 14.6 Å². The lowest BCUT2D eigenvalue weighted by Gasteiger charge is -2.15. The molecule has 0 aliphatic rings. The van der Waals surface area contributed by atoms with Crippen LogP contribution in [0.15, 0.2) is 6.20 Å². The zero-order chi connectivity index (χ0) is 15.0. The molecule has 0 spiro atoms. The van der Waals surface area contributed by atoms with Gasteiger partial charge in [0, 0.05) is 29.4 Å². The minimum Gasteiger partial charge on any atom is -0.467 e. The van der Waals surface area contributed by atoms with Gasteiger partial charge in [0.1, 0.15) is 5.65 Å². The Labute approximate surface area is 118 Å². The first-order valence-electron chi connectivity index (χ1n) is 6.64. The number of aromatic nitrogens is 2. The maximum absolute atomic E-state index is 11.6. The summed E-state index contributed by atoms with van der Waals surface area (Å²) in [5.74, 6) is -0.662. The fraction of sp³-hybridized carbons (Fsp3) is 0.467. The van der Waals surface area contributed by atoms with Crippen LogP contribution in [-0.4, -0.2) is 27.7 Å². The van der Waals surface area contributed by atoms with Gasteiger partial charge < -0.3 is 14.4 Å². The Morgan fingerprint density at radius 1 is 1.45 bits per heavy atom. The number of methoxy groups -OCH3 is 1. The number of fused-ring (bicyclic) bond motifs is 1. The lowest BCUT2D eigenvalue weighted by atomic mass is 9.98. The molecule has 0 saturated heterocycles. The largest absolute Gasteiger partial charge is 0.467 e. The van der Waals surface area contributed by atoms with Crippen LogP contribution in [0, 0.1) is 20.8 Å². The Hall–Kier alpha value is -1.88. The summed E-state index contributed by atoms with van der Waals surface area (Å²) in [5.41, 5.74) is 4.06. The van der Waals surface area contributed by atoms with E-state index < -0.39 is 12.1 Å². The summed E-state index contributed by atoms with van der Waals surface area (Å²) in [5, 5.41) is 11.1. The average Bonchev–Trinajstić information content (AvgIpc) is 2.73. The highest BCUT2D eigenvalue weighted by atomic mass is 16.5. The minimum absolute atomic E-state index is 0.543. The maximum atomic E-state index is 11.6. The van der Waals surface area contributed by atoms with Gasteiger partial charge in [-0.3, -0.25) is 0 Å². The van der Waals surface area contributed by atoms with Crippen LogP contribution in [0.5, 0.6) is 0 Å². The number of hydrogen-bond acceptors (Lipinski definition) is 4. The molecule has 0 fully saturated rings. The number of nitrogens with zero attached hydrogens (tertiary/aromatic N) is 2. The molecule has 1 unspecified atom stereocenters. The van der Waals surface area contributed by atoms with E-state index in [0.717, 1.165) is 28.7 Å². The van der Waals surface area contributed by atoms with Crippen LogP contribution in [-0.2, 0) is 16.1 Å². The average molecular weight is 276 g/mol. The number of pyridine rings is 1. The van der Waals surface area contributed by atoms with Crippen molar-refractivity contribution in [1.29, 1.82) is 0 Å². The molecule has 20 heavy (non-hydrogen) atoms. The van der Waals surface area contributed by atoms with E-state index in [0.29, 0.717) is 11.3 Å². The van der Waals surface area contributed by atoms with Crippen LogP contribution in [0.25, 0.3) is 11.0 Å². The molecule has 0 amide bonds. The highest BCUT2D eigenvalue weighted by molar-refractivity contribution is 5.87. The van der Waals surface area contributed by atoms with Gasteiger partial charge in [0.25, 0.3) is 0 Å². The maximum Gasteiger partial charge on any atom is 0.339 e. The van der Waals surface area contributed by atoms with E-state index in [2.05, 4.69) is 21.2 Å². The molecule has 2 aromatic heterocycles. The molecule has 0 radical (unpaired) electrons. The van der Waals surface area contributed by atoms with Gasteiger partial charge in [-0.15, -0.1) is 0 Å². The molecule has 2 aromatic rings. The summed E-state index contributed by atoms with van der Waals surface area (Å²) in [4.78, 5) is 16.2. The normalized spacial score (nSPS) is 12.7. The van der Waals surface area contributed by atoms with Crippen LogP contribution in [0.4, 0.5) is 0 Å². The molecular weight excluding hydrogens is 256 g/mol. The first kappa shape index (κ1) is 14.5. The van der Waals surface area contributed by atoms with Gasteiger partial charge in [0.2, 0.25) is 0 Å². The first-order valence-corrected chi connectivity index (χ1v) is 6.64. The highest BCUT2D eigenvalue weighted by Crippen LogP contribution is 2.31. The van der Waals surface area contributed by atoms with E-state index >= 15 is 0 Å². The Bertz CT molecular complexity index is 674. The quantitative estimate of drug-likeness (QED) is 0.873. The van der Waals surface area contributed by atoms with E-state index in [1.54, 1.807) is 6.92 Å². The van der Waals surface area contributed by atoms with Gasteiger partial charge in [0.15, 0.2) is 6.10 Å². The van der Waals surface area contributed by atoms with Crippen molar-refractivity contribution in [2.75, 3.05) is 7.11 Å². The van der Waals surface area contributed by atoms with Crippen molar-refractivity contribution in [1.82, 2.24) is 9.55 Å². The number of rotatable bonds is 3. The molecule has 0 saturated carbocycles. The lowest BCUT2D eigenvalue weighted by molar-refractivity contribution is -0.150. The number of carbonyl (C=O) groups excluding carboxylic acids is 1. The Balaban J connectivity index is 2.75. The fourth-order valence-corrected chi connectivity index (χ4v) is 2.76. The second kappa shape index (κ2) is 5.25. The number of esters is 1. The SMILES string of the molecule is CCn1cc(C)c2c(C)c(C(O)C(=O)OC)c(C)nc21. The summed E-state index contributed by atoms with van der Waals surface area (Å²) < 4.78 is 6.69. The van der Waals surface area contributed by atoms with E-state index in [-0.39, 0.29) is 0 Å². The molecule has 0 aliphatic carbocycles. The molecular formula is C15H20N2O3. The molecule has 1 atom stereocenters. The van der Waals surface area contributed by atoms with Crippen LogP contribution in [0.1, 0.15) is 35.4 Å². The van der Waals surface area contributed by atoms with Crippen LogP contribution in [0.2, 0.25) is 0 Å². The van der Waals surface area contributed by atoms with Crippen LogP contribution < -0.4 is 0 Å². The summed E-state index contributed by atoms with van der Waals surface area (Å²) in [7, 11) is 1.26. The predicted molar refractivity (Wildman–Crippen MR) is 76.6 cm³/mol.